The maximum absolute atomic E-state index is 5.96. The van der Waals surface area contributed by atoms with Crippen molar-refractivity contribution in [3.8, 4) is 5.75 Å². The molecule has 0 aliphatic heterocycles. The molecule has 0 fully saturated rings. The van der Waals surface area contributed by atoms with Crippen LogP contribution in [0, 0.1) is 18.6 Å². The van der Waals surface area contributed by atoms with Crippen molar-refractivity contribution in [3.63, 3.8) is 0 Å². The zero-order valence-corrected chi connectivity index (χ0v) is 11.8. The van der Waals surface area contributed by atoms with Crippen molar-refractivity contribution in [1.29, 1.82) is 0 Å². The lowest BCUT2D eigenvalue weighted by Gasteiger charge is -2.16. The Bertz CT molecular complexity index is 615. The molecule has 18 heavy (non-hydrogen) atoms. The number of aromatic nitrogens is 3. The molecule has 0 saturated carbocycles. The molecule has 1 aromatic heterocycles. The van der Waals surface area contributed by atoms with Gasteiger partial charge in [-0.3, -0.25) is 5.10 Å². The quantitative estimate of drug-likeness (QED) is 0.864. The summed E-state index contributed by atoms with van der Waals surface area (Å²) in [6.45, 7) is 6.09. The Hall–Kier alpha value is -1.62. The molecule has 0 amide bonds. The second kappa shape index (κ2) is 4.94. The molecule has 0 bridgehead atoms. The van der Waals surface area contributed by atoms with E-state index in [0.29, 0.717) is 4.77 Å². The minimum atomic E-state index is -0.150. The summed E-state index contributed by atoms with van der Waals surface area (Å²) in [7, 11) is 1.88. The number of nitrogens with one attached hydrogen (secondary N) is 1. The van der Waals surface area contributed by atoms with Crippen LogP contribution in [-0.4, -0.2) is 14.8 Å². The molecule has 5 heteroatoms. The molecule has 1 unspecified atom stereocenters. The van der Waals surface area contributed by atoms with E-state index >= 15 is 0 Å². The molecule has 0 radical (unpaired) electrons. The van der Waals surface area contributed by atoms with E-state index in [-0.39, 0.29) is 6.10 Å². The first-order valence-corrected chi connectivity index (χ1v) is 6.25. The average Bonchev–Trinajstić information content (AvgIpc) is 2.66. The highest BCUT2D eigenvalue weighted by Gasteiger charge is 2.15. The molecule has 2 aromatic rings. The van der Waals surface area contributed by atoms with Crippen LogP contribution in [0.4, 0.5) is 0 Å². The first kappa shape index (κ1) is 12.8. The zero-order valence-electron chi connectivity index (χ0n) is 11.0. The minimum absolute atomic E-state index is 0.150. The van der Waals surface area contributed by atoms with Gasteiger partial charge in [-0.25, -0.2) is 0 Å². The Morgan fingerprint density at radius 3 is 2.72 bits per heavy atom. The largest absolute Gasteiger partial charge is 0.482 e. The lowest BCUT2D eigenvalue weighted by Crippen LogP contribution is -2.10. The lowest BCUT2D eigenvalue weighted by atomic mass is 10.1. The van der Waals surface area contributed by atoms with Crippen LogP contribution in [0.5, 0.6) is 5.75 Å². The zero-order chi connectivity index (χ0) is 13.3. The second-order valence-corrected chi connectivity index (χ2v) is 4.79. The van der Waals surface area contributed by atoms with E-state index in [0.717, 1.165) is 17.1 Å². The van der Waals surface area contributed by atoms with Gasteiger partial charge in [-0.1, -0.05) is 12.1 Å². The fourth-order valence-corrected chi connectivity index (χ4v) is 1.96. The van der Waals surface area contributed by atoms with Crippen molar-refractivity contribution in [2.45, 2.75) is 26.9 Å². The maximum Gasteiger partial charge on any atom is 0.195 e. The third kappa shape index (κ3) is 2.31. The number of rotatable bonds is 3. The van der Waals surface area contributed by atoms with Gasteiger partial charge in [-0.2, -0.15) is 5.10 Å². The number of benzene rings is 1. The van der Waals surface area contributed by atoms with Crippen LogP contribution in [0.1, 0.15) is 30.0 Å². The topological polar surface area (TPSA) is 42.8 Å². The van der Waals surface area contributed by atoms with Crippen LogP contribution in [-0.2, 0) is 7.05 Å². The summed E-state index contributed by atoms with van der Waals surface area (Å²) < 4.78 is 8.38. The number of aryl methyl sites for hydroxylation is 1. The summed E-state index contributed by atoms with van der Waals surface area (Å²) in [5, 5.41) is 6.95. The van der Waals surface area contributed by atoms with Crippen molar-refractivity contribution in [2.75, 3.05) is 0 Å². The van der Waals surface area contributed by atoms with Gasteiger partial charge < -0.3 is 9.30 Å². The smallest absolute Gasteiger partial charge is 0.195 e. The van der Waals surface area contributed by atoms with Crippen LogP contribution < -0.4 is 4.74 Å². The van der Waals surface area contributed by atoms with Crippen LogP contribution in [0.3, 0.4) is 0 Å². The Morgan fingerprint density at radius 1 is 1.39 bits per heavy atom. The van der Waals surface area contributed by atoms with Crippen LogP contribution in [0.25, 0.3) is 0 Å². The Balaban J connectivity index is 2.27. The van der Waals surface area contributed by atoms with Crippen LogP contribution in [0.15, 0.2) is 18.2 Å². The maximum atomic E-state index is 5.96. The summed E-state index contributed by atoms with van der Waals surface area (Å²) in [6.07, 6.45) is -0.150. The third-order valence-corrected chi connectivity index (χ3v) is 3.50. The minimum Gasteiger partial charge on any atom is -0.482 e. The normalized spacial score (nSPS) is 12.4. The summed E-state index contributed by atoms with van der Waals surface area (Å²) in [6, 6.07) is 6.04. The van der Waals surface area contributed by atoms with Gasteiger partial charge in [0, 0.05) is 7.05 Å². The third-order valence-electron chi connectivity index (χ3n) is 3.14. The molecule has 1 aromatic carbocycles. The van der Waals surface area contributed by atoms with Gasteiger partial charge in [0.15, 0.2) is 16.7 Å². The fourth-order valence-electron chi connectivity index (χ4n) is 1.82. The SMILES string of the molecule is Cc1cccc(OC(C)c2n[nH]c(=S)n2C)c1C. The van der Waals surface area contributed by atoms with E-state index in [9.17, 15) is 0 Å². The van der Waals surface area contributed by atoms with E-state index in [1.54, 1.807) is 0 Å². The number of hydrogen-bond acceptors (Lipinski definition) is 3. The average molecular weight is 263 g/mol. The first-order chi connectivity index (χ1) is 8.50. The van der Waals surface area contributed by atoms with Crippen molar-refractivity contribution in [3.05, 3.63) is 39.9 Å². The Labute approximate surface area is 112 Å². The van der Waals surface area contributed by atoms with Crippen LogP contribution in [0.2, 0.25) is 0 Å². The molecule has 0 aliphatic rings. The van der Waals surface area contributed by atoms with Gasteiger partial charge in [-0.05, 0) is 50.2 Å². The van der Waals surface area contributed by atoms with E-state index in [1.165, 1.54) is 5.56 Å². The van der Waals surface area contributed by atoms with E-state index in [4.69, 9.17) is 17.0 Å². The number of nitrogens with zero attached hydrogens (tertiary/aromatic N) is 2. The van der Waals surface area contributed by atoms with E-state index in [2.05, 4.69) is 30.1 Å². The van der Waals surface area contributed by atoms with Gasteiger partial charge >= 0.3 is 0 Å². The highest BCUT2D eigenvalue weighted by molar-refractivity contribution is 7.71. The molecule has 1 N–H and O–H groups in total. The highest BCUT2D eigenvalue weighted by atomic mass is 32.1. The molecule has 96 valence electrons. The highest BCUT2D eigenvalue weighted by Crippen LogP contribution is 2.25. The predicted molar refractivity (Wildman–Crippen MR) is 73.4 cm³/mol. The Kier molecular flexibility index (Phi) is 3.52. The van der Waals surface area contributed by atoms with E-state index in [1.807, 2.05) is 30.7 Å². The van der Waals surface area contributed by atoms with Gasteiger partial charge in [0.2, 0.25) is 0 Å². The number of ether oxygens (including phenoxy) is 1. The van der Waals surface area contributed by atoms with Crippen molar-refractivity contribution in [2.24, 2.45) is 7.05 Å². The monoisotopic (exact) mass is 263 g/mol. The lowest BCUT2D eigenvalue weighted by molar-refractivity contribution is 0.210. The Morgan fingerprint density at radius 2 is 2.11 bits per heavy atom. The van der Waals surface area contributed by atoms with Gasteiger partial charge in [0.1, 0.15) is 5.75 Å². The van der Waals surface area contributed by atoms with Crippen molar-refractivity contribution >= 4 is 12.2 Å². The second-order valence-electron chi connectivity index (χ2n) is 4.40. The first-order valence-electron chi connectivity index (χ1n) is 5.85. The summed E-state index contributed by atoms with van der Waals surface area (Å²) in [5.41, 5.74) is 2.37. The van der Waals surface area contributed by atoms with Gasteiger partial charge in [0.05, 0.1) is 0 Å². The van der Waals surface area contributed by atoms with Crippen molar-refractivity contribution in [1.82, 2.24) is 14.8 Å². The fraction of sp³-hybridized carbons (Fsp3) is 0.385. The van der Waals surface area contributed by atoms with Gasteiger partial charge in [0.25, 0.3) is 0 Å². The number of aromatic amines is 1. The molecule has 0 aliphatic carbocycles. The molecule has 2 rings (SSSR count). The number of hydrogen-bond donors (Lipinski definition) is 1. The van der Waals surface area contributed by atoms with Crippen LogP contribution >= 0.6 is 12.2 Å². The van der Waals surface area contributed by atoms with Crippen molar-refractivity contribution < 1.29 is 4.74 Å². The molecule has 0 saturated heterocycles. The number of H-pyrrole nitrogens is 1. The van der Waals surface area contributed by atoms with Gasteiger partial charge in [-0.15, -0.1) is 0 Å². The molecular formula is C13H17N3OS. The standard InChI is InChI=1S/C13H17N3OS/c1-8-6-5-7-11(9(8)2)17-10(3)12-14-15-13(18)16(12)4/h5-7,10H,1-4H3,(H,15,18). The molecule has 1 heterocycles. The molecule has 4 nitrogen and oxygen atoms in total. The predicted octanol–water partition coefficient (Wildman–Crippen LogP) is 3.23. The summed E-state index contributed by atoms with van der Waals surface area (Å²) in [4.78, 5) is 0. The summed E-state index contributed by atoms with van der Waals surface area (Å²) >= 11 is 5.09. The summed E-state index contributed by atoms with van der Waals surface area (Å²) in [5.74, 6) is 1.68. The molecule has 0 spiro atoms. The van der Waals surface area contributed by atoms with E-state index < -0.39 is 0 Å². The molecular weight excluding hydrogens is 246 g/mol. The molecule has 1 atom stereocenters.